The van der Waals surface area contributed by atoms with Crippen molar-refractivity contribution < 1.29 is 19.1 Å². The van der Waals surface area contributed by atoms with Gasteiger partial charge >= 0.3 is 5.97 Å². The summed E-state index contributed by atoms with van der Waals surface area (Å²) in [7, 11) is 0. The van der Waals surface area contributed by atoms with Crippen LogP contribution in [-0.2, 0) is 14.3 Å². The average molecular weight is 309 g/mol. The zero-order valence-corrected chi connectivity index (χ0v) is 13.2. The molecule has 0 radical (unpaired) electrons. The smallest absolute Gasteiger partial charge is 0.315 e. The van der Waals surface area contributed by atoms with Crippen molar-refractivity contribution in [2.75, 3.05) is 17.7 Å². The Hall–Kier alpha value is -1.82. The highest BCUT2D eigenvalue weighted by molar-refractivity contribution is 8.01. The second-order valence-electron chi connectivity index (χ2n) is 4.35. The number of anilines is 1. The van der Waals surface area contributed by atoms with Crippen LogP contribution in [-0.4, -0.2) is 35.3 Å². The molecule has 0 heterocycles. The van der Waals surface area contributed by atoms with Gasteiger partial charge in [0.05, 0.1) is 23.3 Å². The highest BCUT2D eigenvalue weighted by atomic mass is 32.2. The lowest BCUT2D eigenvalue weighted by Gasteiger charge is -2.13. The van der Waals surface area contributed by atoms with Crippen LogP contribution in [0, 0.1) is 0 Å². The fourth-order valence-corrected chi connectivity index (χ4v) is 2.28. The molecule has 0 aliphatic heterocycles. The van der Waals surface area contributed by atoms with E-state index >= 15 is 0 Å². The van der Waals surface area contributed by atoms with Gasteiger partial charge in [0, 0.05) is 5.56 Å². The predicted octanol–water partition coefficient (Wildman–Crippen LogP) is 2.51. The molecule has 0 spiro atoms. The molecular weight excluding hydrogens is 290 g/mol. The molecular formula is C15H19NO4S. The molecule has 0 unspecified atom stereocenters. The van der Waals surface area contributed by atoms with E-state index in [-0.39, 0.29) is 23.4 Å². The third-order valence-electron chi connectivity index (χ3n) is 2.69. The Morgan fingerprint density at radius 1 is 1.29 bits per heavy atom. The van der Waals surface area contributed by atoms with Gasteiger partial charge in [0.25, 0.3) is 0 Å². The molecule has 0 aliphatic carbocycles. The second kappa shape index (κ2) is 8.46. The minimum Gasteiger partial charge on any atom is -0.465 e. The first-order valence-corrected chi connectivity index (χ1v) is 7.68. The van der Waals surface area contributed by atoms with Crippen LogP contribution in [0.15, 0.2) is 24.3 Å². The highest BCUT2D eigenvalue weighted by Gasteiger charge is 2.17. The SMILES string of the molecule is CCOC(=O)CS[C@H](C)C(=O)Nc1ccccc1C(C)=O. The number of para-hydroxylation sites is 1. The molecule has 0 bridgehead atoms. The van der Waals surface area contributed by atoms with Crippen molar-refractivity contribution in [3.05, 3.63) is 29.8 Å². The summed E-state index contributed by atoms with van der Waals surface area (Å²) in [6.07, 6.45) is 0. The fraction of sp³-hybridized carbons (Fsp3) is 0.400. The Labute approximate surface area is 128 Å². The molecule has 1 rings (SSSR count). The van der Waals surface area contributed by atoms with Gasteiger partial charge in [0.2, 0.25) is 5.91 Å². The van der Waals surface area contributed by atoms with Crippen molar-refractivity contribution >= 4 is 35.1 Å². The molecule has 6 heteroatoms. The zero-order valence-electron chi connectivity index (χ0n) is 12.3. The normalized spacial score (nSPS) is 11.6. The maximum absolute atomic E-state index is 12.1. The summed E-state index contributed by atoms with van der Waals surface area (Å²) in [5, 5.41) is 2.29. The number of amides is 1. The summed E-state index contributed by atoms with van der Waals surface area (Å²) < 4.78 is 4.80. The maximum atomic E-state index is 12.1. The Bertz CT molecular complexity index is 530. The summed E-state index contributed by atoms with van der Waals surface area (Å²) in [6.45, 7) is 5.21. The zero-order chi connectivity index (χ0) is 15.8. The number of benzene rings is 1. The minimum atomic E-state index is -0.422. The second-order valence-corrected chi connectivity index (χ2v) is 5.68. The maximum Gasteiger partial charge on any atom is 0.315 e. The van der Waals surface area contributed by atoms with E-state index in [1.807, 2.05) is 0 Å². The van der Waals surface area contributed by atoms with Gasteiger partial charge in [0.15, 0.2) is 5.78 Å². The number of hydrogen-bond donors (Lipinski definition) is 1. The minimum absolute atomic E-state index is 0.113. The number of carbonyl (C=O) groups is 3. The molecule has 5 nitrogen and oxygen atoms in total. The van der Waals surface area contributed by atoms with Crippen LogP contribution in [0.3, 0.4) is 0 Å². The van der Waals surface area contributed by atoms with Crippen LogP contribution < -0.4 is 5.32 Å². The molecule has 1 N–H and O–H groups in total. The first-order chi connectivity index (χ1) is 9.95. The summed E-state index contributed by atoms with van der Waals surface area (Å²) >= 11 is 1.19. The van der Waals surface area contributed by atoms with E-state index < -0.39 is 5.25 Å². The van der Waals surface area contributed by atoms with Crippen LogP contribution in [0.5, 0.6) is 0 Å². The van der Waals surface area contributed by atoms with Gasteiger partial charge in [-0.2, -0.15) is 0 Å². The van der Waals surface area contributed by atoms with Gasteiger partial charge in [-0.1, -0.05) is 12.1 Å². The van der Waals surface area contributed by atoms with Gasteiger partial charge in [0.1, 0.15) is 0 Å². The number of thioether (sulfide) groups is 1. The molecule has 0 saturated carbocycles. The van der Waals surface area contributed by atoms with E-state index in [4.69, 9.17) is 4.74 Å². The number of ether oxygens (including phenoxy) is 1. The Morgan fingerprint density at radius 3 is 2.57 bits per heavy atom. The van der Waals surface area contributed by atoms with Crippen molar-refractivity contribution in [3.8, 4) is 0 Å². The van der Waals surface area contributed by atoms with E-state index in [0.29, 0.717) is 17.9 Å². The van der Waals surface area contributed by atoms with Gasteiger partial charge < -0.3 is 10.1 Å². The number of rotatable bonds is 7. The quantitative estimate of drug-likeness (QED) is 0.619. The van der Waals surface area contributed by atoms with Crippen molar-refractivity contribution in [1.29, 1.82) is 0 Å². The Morgan fingerprint density at radius 2 is 1.95 bits per heavy atom. The van der Waals surface area contributed by atoms with E-state index in [9.17, 15) is 14.4 Å². The van der Waals surface area contributed by atoms with Crippen LogP contribution in [0.2, 0.25) is 0 Å². The van der Waals surface area contributed by atoms with E-state index in [1.54, 1.807) is 38.1 Å². The number of esters is 1. The van der Waals surface area contributed by atoms with E-state index in [0.717, 1.165) is 0 Å². The lowest BCUT2D eigenvalue weighted by molar-refractivity contribution is -0.139. The fourth-order valence-electron chi connectivity index (χ4n) is 1.60. The molecule has 0 aromatic heterocycles. The summed E-state index contributed by atoms with van der Waals surface area (Å²) in [6, 6.07) is 6.83. The largest absolute Gasteiger partial charge is 0.465 e. The topological polar surface area (TPSA) is 72.5 Å². The first kappa shape index (κ1) is 17.2. The van der Waals surface area contributed by atoms with E-state index in [2.05, 4.69) is 5.32 Å². The lowest BCUT2D eigenvalue weighted by Crippen LogP contribution is -2.25. The third kappa shape index (κ3) is 5.59. The summed E-state index contributed by atoms with van der Waals surface area (Å²) in [5.74, 6) is -0.585. The van der Waals surface area contributed by atoms with Crippen molar-refractivity contribution in [2.24, 2.45) is 0 Å². The lowest BCUT2D eigenvalue weighted by atomic mass is 10.1. The number of nitrogens with one attached hydrogen (secondary N) is 1. The molecule has 1 aromatic carbocycles. The summed E-state index contributed by atoms with van der Waals surface area (Å²) in [4.78, 5) is 34.8. The molecule has 0 aliphatic rings. The van der Waals surface area contributed by atoms with Crippen molar-refractivity contribution in [1.82, 2.24) is 0 Å². The number of carbonyl (C=O) groups excluding carboxylic acids is 3. The number of ketones is 1. The van der Waals surface area contributed by atoms with Crippen LogP contribution in [0.25, 0.3) is 0 Å². The Balaban J connectivity index is 2.60. The Kier molecular flexibility index (Phi) is 6.94. The molecule has 0 fully saturated rings. The first-order valence-electron chi connectivity index (χ1n) is 6.63. The van der Waals surface area contributed by atoms with Gasteiger partial charge in [-0.3, -0.25) is 14.4 Å². The molecule has 114 valence electrons. The van der Waals surface area contributed by atoms with Gasteiger partial charge in [-0.05, 0) is 32.9 Å². The predicted molar refractivity (Wildman–Crippen MR) is 83.6 cm³/mol. The summed E-state index contributed by atoms with van der Waals surface area (Å²) in [5.41, 5.74) is 0.951. The van der Waals surface area contributed by atoms with Crippen LogP contribution >= 0.6 is 11.8 Å². The monoisotopic (exact) mass is 309 g/mol. The molecule has 21 heavy (non-hydrogen) atoms. The van der Waals surface area contributed by atoms with Crippen molar-refractivity contribution in [2.45, 2.75) is 26.0 Å². The number of Topliss-reactive ketones (excluding diaryl/α,β-unsaturated/α-hetero) is 1. The van der Waals surface area contributed by atoms with Gasteiger partial charge in [-0.15, -0.1) is 11.8 Å². The third-order valence-corrected chi connectivity index (χ3v) is 3.81. The van der Waals surface area contributed by atoms with Crippen LogP contribution in [0.1, 0.15) is 31.1 Å². The molecule has 1 amide bonds. The molecule has 1 aromatic rings. The number of hydrogen-bond acceptors (Lipinski definition) is 5. The average Bonchev–Trinajstić information content (AvgIpc) is 2.45. The van der Waals surface area contributed by atoms with Crippen molar-refractivity contribution in [3.63, 3.8) is 0 Å². The van der Waals surface area contributed by atoms with Crippen LogP contribution in [0.4, 0.5) is 5.69 Å². The van der Waals surface area contributed by atoms with E-state index in [1.165, 1.54) is 18.7 Å². The molecule has 0 saturated heterocycles. The molecule has 1 atom stereocenters. The van der Waals surface area contributed by atoms with Gasteiger partial charge in [-0.25, -0.2) is 0 Å². The highest BCUT2D eigenvalue weighted by Crippen LogP contribution is 2.18. The standard InChI is InChI=1S/C15H19NO4S/c1-4-20-14(18)9-21-11(3)15(19)16-13-8-6-5-7-12(13)10(2)17/h5-8,11H,4,9H2,1-3H3,(H,16,19)/t11-/m1/s1.